The highest BCUT2D eigenvalue weighted by Gasteiger charge is 2.28. The summed E-state index contributed by atoms with van der Waals surface area (Å²) in [5.74, 6) is -0.664. The van der Waals surface area contributed by atoms with Crippen LogP contribution in [0.25, 0.3) is 27.8 Å². The van der Waals surface area contributed by atoms with E-state index in [2.05, 4.69) is 4.98 Å². The summed E-state index contributed by atoms with van der Waals surface area (Å²) >= 11 is 0. The number of carbonyl (C=O) groups is 1. The molecule has 2 aromatic carbocycles. The highest BCUT2D eigenvalue weighted by Crippen LogP contribution is 2.29. The molecule has 1 aliphatic rings. The number of hydrogen-bond donors (Lipinski definition) is 1. The summed E-state index contributed by atoms with van der Waals surface area (Å²) in [4.78, 5) is 42.5. The molecule has 0 unspecified atom stereocenters. The van der Waals surface area contributed by atoms with Gasteiger partial charge in [-0.25, -0.2) is 23.5 Å². The molecule has 1 amide bonds. The number of aromatic nitrogens is 3. The molecule has 36 heavy (non-hydrogen) atoms. The van der Waals surface area contributed by atoms with Crippen molar-refractivity contribution >= 4 is 17.1 Å². The number of nitrogens with two attached hydrogens (primary N) is 1. The van der Waals surface area contributed by atoms with Gasteiger partial charge < -0.3 is 10.5 Å². The van der Waals surface area contributed by atoms with E-state index in [0.29, 0.717) is 31.4 Å². The Bertz CT molecular complexity index is 1570. The van der Waals surface area contributed by atoms with Gasteiger partial charge in [-0.3, -0.25) is 9.36 Å². The van der Waals surface area contributed by atoms with Gasteiger partial charge in [0.25, 0.3) is 5.56 Å². The topological polar surface area (TPSA) is 109 Å². The quantitative estimate of drug-likeness (QED) is 0.462. The first-order chi connectivity index (χ1) is 17.3. The largest absolute Gasteiger partial charge is 0.446 e. The van der Waals surface area contributed by atoms with Crippen LogP contribution in [0.15, 0.2) is 70.4 Å². The molecule has 0 saturated heterocycles. The maximum absolute atomic E-state index is 14.2. The number of amides is 1. The molecule has 184 valence electrons. The maximum atomic E-state index is 14.2. The van der Waals surface area contributed by atoms with Crippen molar-refractivity contribution in [1.82, 2.24) is 14.1 Å². The molecule has 0 aliphatic heterocycles. The summed E-state index contributed by atoms with van der Waals surface area (Å²) in [6.45, 7) is 2.01. The second-order valence-electron chi connectivity index (χ2n) is 9.10. The van der Waals surface area contributed by atoms with E-state index in [-0.39, 0.29) is 17.1 Å². The molecule has 2 aromatic heterocycles. The predicted molar refractivity (Wildman–Crippen MR) is 134 cm³/mol. The normalized spacial score (nSPS) is 17.7. The van der Waals surface area contributed by atoms with Gasteiger partial charge in [-0.15, -0.1) is 0 Å². The lowest BCUT2D eigenvalue weighted by Crippen LogP contribution is -2.43. The third kappa shape index (κ3) is 4.39. The number of halogens is 1. The Labute approximate surface area is 205 Å². The van der Waals surface area contributed by atoms with Gasteiger partial charge in [0, 0.05) is 6.04 Å². The van der Waals surface area contributed by atoms with Crippen LogP contribution in [0.4, 0.5) is 9.18 Å². The van der Waals surface area contributed by atoms with Crippen LogP contribution in [0, 0.1) is 12.7 Å². The Morgan fingerprint density at radius 3 is 2.44 bits per heavy atom. The highest BCUT2D eigenvalue weighted by atomic mass is 19.1. The molecule has 2 heterocycles. The molecule has 2 N–H and O–H groups in total. The van der Waals surface area contributed by atoms with Crippen molar-refractivity contribution in [2.24, 2.45) is 5.73 Å². The van der Waals surface area contributed by atoms with Crippen LogP contribution in [-0.4, -0.2) is 26.3 Å². The number of benzene rings is 2. The SMILES string of the molecule is Cc1ccc(-c2cccc(-n3c(=O)n(C4CCC(OC(N)=O)CC4)c(=O)c4cc(F)cnc43)c2)cc1. The van der Waals surface area contributed by atoms with Gasteiger partial charge in [0.15, 0.2) is 5.65 Å². The zero-order valence-corrected chi connectivity index (χ0v) is 19.7. The number of fused-ring (bicyclic) bond motifs is 1. The molecular weight excluding hydrogens is 463 g/mol. The van der Waals surface area contributed by atoms with Gasteiger partial charge in [-0.05, 0) is 61.9 Å². The number of carbonyl (C=O) groups excluding carboxylic acids is 1. The smallest absolute Gasteiger partial charge is 0.404 e. The number of primary amides is 1. The van der Waals surface area contributed by atoms with Gasteiger partial charge in [0.05, 0.1) is 17.3 Å². The molecule has 1 fully saturated rings. The van der Waals surface area contributed by atoms with E-state index in [0.717, 1.165) is 29.0 Å². The Morgan fingerprint density at radius 1 is 1.03 bits per heavy atom. The molecule has 0 radical (unpaired) electrons. The van der Waals surface area contributed by atoms with Gasteiger partial charge in [0.2, 0.25) is 0 Å². The lowest BCUT2D eigenvalue weighted by Gasteiger charge is -2.29. The van der Waals surface area contributed by atoms with Crippen LogP contribution in [0.2, 0.25) is 0 Å². The standard InChI is InChI=1S/C27H25FN4O4/c1-16-5-7-17(8-6-16)18-3-2-4-21(13-18)31-24-23(14-19(28)15-30-24)25(33)32(27(31)35)20-9-11-22(12-10-20)36-26(29)34/h2-8,13-15,20,22H,9-12H2,1H3,(H2,29,34). The lowest BCUT2D eigenvalue weighted by molar-refractivity contribution is 0.0714. The second-order valence-corrected chi connectivity index (χ2v) is 9.10. The minimum absolute atomic E-state index is 0.0193. The molecule has 4 aromatic rings. The zero-order chi connectivity index (χ0) is 25.4. The van der Waals surface area contributed by atoms with Gasteiger partial charge >= 0.3 is 11.8 Å². The number of ether oxygens (including phenoxy) is 1. The molecule has 5 rings (SSSR count). The van der Waals surface area contributed by atoms with E-state index < -0.39 is 29.2 Å². The average Bonchev–Trinajstić information content (AvgIpc) is 2.86. The van der Waals surface area contributed by atoms with Crippen LogP contribution in [0.1, 0.15) is 37.3 Å². The van der Waals surface area contributed by atoms with Crippen molar-refractivity contribution in [2.45, 2.75) is 44.8 Å². The maximum Gasteiger partial charge on any atom is 0.404 e. The van der Waals surface area contributed by atoms with Gasteiger partial charge in [-0.1, -0.05) is 42.0 Å². The van der Waals surface area contributed by atoms with Crippen LogP contribution in [0.5, 0.6) is 0 Å². The zero-order valence-electron chi connectivity index (χ0n) is 19.7. The van der Waals surface area contributed by atoms with Gasteiger partial charge in [0.1, 0.15) is 11.9 Å². The minimum Gasteiger partial charge on any atom is -0.446 e. The van der Waals surface area contributed by atoms with Crippen molar-refractivity contribution in [3.63, 3.8) is 0 Å². The van der Waals surface area contributed by atoms with E-state index in [1.165, 1.54) is 9.13 Å². The van der Waals surface area contributed by atoms with E-state index in [1.54, 1.807) is 6.07 Å². The van der Waals surface area contributed by atoms with E-state index >= 15 is 0 Å². The van der Waals surface area contributed by atoms with Crippen LogP contribution >= 0.6 is 0 Å². The summed E-state index contributed by atoms with van der Waals surface area (Å²) < 4.78 is 21.8. The molecule has 1 aliphatic carbocycles. The summed E-state index contributed by atoms with van der Waals surface area (Å²) in [6.07, 6.45) is 1.58. The fraction of sp³-hybridized carbons (Fsp3) is 0.259. The van der Waals surface area contributed by atoms with Crippen molar-refractivity contribution < 1.29 is 13.9 Å². The predicted octanol–water partition coefficient (Wildman–Crippen LogP) is 4.24. The van der Waals surface area contributed by atoms with Crippen LogP contribution in [-0.2, 0) is 4.74 Å². The third-order valence-electron chi connectivity index (χ3n) is 6.67. The Balaban J connectivity index is 1.65. The molecule has 0 bridgehead atoms. The fourth-order valence-electron chi connectivity index (χ4n) is 4.89. The molecule has 9 heteroatoms. The van der Waals surface area contributed by atoms with Crippen molar-refractivity contribution in [1.29, 1.82) is 0 Å². The van der Waals surface area contributed by atoms with E-state index in [4.69, 9.17) is 10.5 Å². The third-order valence-corrected chi connectivity index (χ3v) is 6.67. The molecular formula is C27H25FN4O4. The van der Waals surface area contributed by atoms with Gasteiger partial charge in [-0.2, -0.15) is 0 Å². The number of rotatable bonds is 4. The first kappa shape index (κ1) is 23.5. The summed E-state index contributed by atoms with van der Waals surface area (Å²) in [6, 6.07) is 16.1. The Hall–Kier alpha value is -4.27. The minimum atomic E-state index is -0.848. The Morgan fingerprint density at radius 2 is 1.75 bits per heavy atom. The number of aryl methyl sites for hydroxylation is 1. The van der Waals surface area contributed by atoms with E-state index in [9.17, 15) is 18.8 Å². The second kappa shape index (κ2) is 9.41. The Kier molecular flexibility index (Phi) is 6.13. The van der Waals surface area contributed by atoms with Crippen LogP contribution in [0.3, 0.4) is 0 Å². The summed E-state index contributed by atoms with van der Waals surface area (Å²) in [7, 11) is 0. The first-order valence-electron chi connectivity index (χ1n) is 11.8. The van der Waals surface area contributed by atoms with Crippen LogP contribution < -0.4 is 17.0 Å². The number of hydrogen-bond acceptors (Lipinski definition) is 5. The summed E-state index contributed by atoms with van der Waals surface area (Å²) in [5, 5.41) is 0.0193. The summed E-state index contributed by atoms with van der Waals surface area (Å²) in [5.41, 5.74) is 7.58. The number of nitrogens with zero attached hydrogens (tertiary/aromatic N) is 3. The average molecular weight is 489 g/mol. The van der Waals surface area contributed by atoms with Crippen molar-refractivity contribution in [3.8, 4) is 16.8 Å². The molecule has 8 nitrogen and oxygen atoms in total. The highest BCUT2D eigenvalue weighted by molar-refractivity contribution is 5.76. The van der Waals surface area contributed by atoms with E-state index in [1.807, 2.05) is 49.4 Å². The molecule has 1 saturated carbocycles. The molecule has 0 spiro atoms. The molecule has 0 atom stereocenters. The van der Waals surface area contributed by atoms with Crippen molar-refractivity contribution in [2.75, 3.05) is 0 Å². The first-order valence-corrected chi connectivity index (χ1v) is 11.8. The van der Waals surface area contributed by atoms with Crippen molar-refractivity contribution in [3.05, 3.63) is 93.0 Å². The number of pyridine rings is 1. The lowest BCUT2D eigenvalue weighted by atomic mass is 9.92. The monoisotopic (exact) mass is 488 g/mol. The fourth-order valence-corrected chi connectivity index (χ4v) is 4.89.